The number of hydrogen-bond acceptors (Lipinski definition) is 3. The maximum Gasteiger partial charge on any atom is 0.223 e. The molecule has 0 aliphatic carbocycles. The molecule has 0 spiro atoms. The topological polar surface area (TPSA) is 66.5 Å². The number of fused-ring (bicyclic) bond motifs is 1. The molecule has 0 aromatic heterocycles. The summed E-state index contributed by atoms with van der Waals surface area (Å²) in [7, 11) is -3.37. The monoisotopic (exact) mass is 436 g/mol. The van der Waals surface area contributed by atoms with Crippen molar-refractivity contribution in [3.63, 3.8) is 0 Å². The zero-order valence-corrected chi connectivity index (χ0v) is 18.6. The molecule has 1 aliphatic heterocycles. The van der Waals surface area contributed by atoms with E-state index in [4.69, 9.17) is 0 Å². The van der Waals surface area contributed by atoms with Crippen molar-refractivity contribution in [2.75, 3.05) is 13.1 Å². The summed E-state index contributed by atoms with van der Waals surface area (Å²) in [6, 6.07) is 21.9. The molecule has 0 unspecified atom stereocenters. The number of carbonyl (C=O) groups is 1. The molecule has 0 bridgehead atoms. The first-order valence-electron chi connectivity index (χ1n) is 10.7. The van der Waals surface area contributed by atoms with Crippen molar-refractivity contribution in [1.82, 2.24) is 9.62 Å². The number of hydrogen-bond donors (Lipinski definition) is 1. The van der Waals surface area contributed by atoms with Crippen molar-refractivity contribution in [2.24, 2.45) is 5.92 Å². The Bertz CT molecular complexity index is 1160. The SMILES string of the molecule is Cc1ccc(CS(=O)(=O)N2CCC(C(=O)NCc3ccc4ccccc4c3)CC2)cc1. The first-order valence-corrected chi connectivity index (χ1v) is 12.3. The third-order valence-electron chi connectivity index (χ3n) is 5.97. The van der Waals surface area contributed by atoms with Gasteiger partial charge in [0.15, 0.2) is 0 Å². The third kappa shape index (κ3) is 5.32. The van der Waals surface area contributed by atoms with Crippen LogP contribution in [0.15, 0.2) is 66.7 Å². The highest BCUT2D eigenvalue weighted by Gasteiger charge is 2.31. The van der Waals surface area contributed by atoms with Crippen molar-refractivity contribution >= 4 is 26.7 Å². The molecular weight excluding hydrogens is 408 g/mol. The summed E-state index contributed by atoms with van der Waals surface area (Å²) in [6.07, 6.45) is 1.10. The van der Waals surface area contributed by atoms with Crippen molar-refractivity contribution in [1.29, 1.82) is 0 Å². The summed E-state index contributed by atoms with van der Waals surface area (Å²) in [5.74, 6) is -0.137. The third-order valence-corrected chi connectivity index (χ3v) is 7.82. The van der Waals surface area contributed by atoms with Gasteiger partial charge in [0.05, 0.1) is 5.75 Å². The number of aryl methyl sites for hydroxylation is 1. The van der Waals surface area contributed by atoms with Gasteiger partial charge in [-0.25, -0.2) is 12.7 Å². The number of piperidine rings is 1. The van der Waals surface area contributed by atoms with Crippen LogP contribution in [0.2, 0.25) is 0 Å². The fourth-order valence-corrected chi connectivity index (χ4v) is 5.63. The second-order valence-corrected chi connectivity index (χ2v) is 10.3. The largest absolute Gasteiger partial charge is 0.352 e. The van der Waals surface area contributed by atoms with E-state index < -0.39 is 10.0 Å². The molecule has 1 fully saturated rings. The highest BCUT2D eigenvalue weighted by atomic mass is 32.2. The number of benzene rings is 3. The number of nitrogens with zero attached hydrogens (tertiary/aromatic N) is 1. The first kappa shape index (κ1) is 21.5. The van der Waals surface area contributed by atoms with Crippen LogP contribution < -0.4 is 5.32 Å². The maximum atomic E-state index is 12.8. The summed E-state index contributed by atoms with van der Waals surface area (Å²) >= 11 is 0. The van der Waals surface area contributed by atoms with Crippen LogP contribution >= 0.6 is 0 Å². The Balaban J connectivity index is 1.29. The molecule has 1 amide bonds. The van der Waals surface area contributed by atoms with Gasteiger partial charge in [-0.05, 0) is 47.7 Å². The molecule has 162 valence electrons. The molecule has 4 rings (SSSR count). The van der Waals surface area contributed by atoms with Gasteiger partial charge in [0.25, 0.3) is 0 Å². The van der Waals surface area contributed by atoms with Crippen LogP contribution in [0.3, 0.4) is 0 Å². The van der Waals surface area contributed by atoms with E-state index in [1.54, 1.807) is 0 Å². The van der Waals surface area contributed by atoms with E-state index in [1.807, 2.05) is 49.4 Å². The first-order chi connectivity index (χ1) is 14.9. The highest BCUT2D eigenvalue weighted by molar-refractivity contribution is 7.88. The van der Waals surface area contributed by atoms with Crippen LogP contribution in [0, 0.1) is 12.8 Å². The van der Waals surface area contributed by atoms with E-state index in [0.717, 1.165) is 22.1 Å². The van der Waals surface area contributed by atoms with Crippen molar-refractivity contribution in [3.05, 3.63) is 83.4 Å². The molecule has 0 radical (unpaired) electrons. The maximum absolute atomic E-state index is 12.8. The van der Waals surface area contributed by atoms with Crippen LogP contribution in [0.25, 0.3) is 10.8 Å². The van der Waals surface area contributed by atoms with E-state index in [2.05, 4.69) is 29.6 Å². The molecule has 1 saturated heterocycles. The molecule has 6 heteroatoms. The van der Waals surface area contributed by atoms with Gasteiger partial charge >= 0.3 is 0 Å². The second-order valence-electron chi connectivity index (χ2n) is 8.31. The molecular formula is C25H28N2O3S. The normalized spacial score (nSPS) is 15.8. The molecule has 3 aromatic carbocycles. The Morgan fingerprint density at radius 2 is 1.58 bits per heavy atom. The van der Waals surface area contributed by atoms with Gasteiger partial charge in [-0.2, -0.15) is 0 Å². The second kappa shape index (κ2) is 9.20. The van der Waals surface area contributed by atoms with Gasteiger partial charge in [0.1, 0.15) is 0 Å². The highest BCUT2D eigenvalue weighted by Crippen LogP contribution is 2.22. The van der Waals surface area contributed by atoms with E-state index in [1.165, 1.54) is 9.69 Å². The van der Waals surface area contributed by atoms with Crippen LogP contribution in [0.4, 0.5) is 0 Å². The number of amides is 1. The molecule has 1 heterocycles. The summed E-state index contributed by atoms with van der Waals surface area (Å²) in [5, 5.41) is 5.36. The fraction of sp³-hybridized carbons (Fsp3) is 0.320. The van der Waals surface area contributed by atoms with Crippen LogP contribution in [-0.2, 0) is 27.1 Å². The van der Waals surface area contributed by atoms with E-state index in [-0.39, 0.29) is 17.6 Å². The molecule has 1 N–H and O–H groups in total. The van der Waals surface area contributed by atoms with Gasteiger partial charge in [-0.1, -0.05) is 66.2 Å². The standard InChI is InChI=1S/C25H28N2O3S/c1-19-6-8-20(9-7-19)18-31(29,30)27-14-12-23(13-15-27)25(28)26-17-21-10-11-22-4-2-3-5-24(22)16-21/h2-11,16,23H,12-15,17-18H2,1H3,(H,26,28). The Labute approximate surface area is 184 Å². The van der Waals surface area contributed by atoms with Crippen LogP contribution in [0.5, 0.6) is 0 Å². The van der Waals surface area contributed by atoms with E-state index >= 15 is 0 Å². The number of sulfonamides is 1. The lowest BCUT2D eigenvalue weighted by Gasteiger charge is -2.30. The average molecular weight is 437 g/mol. The number of carbonyl (C=O) groups excluding carboxylic acids is 1. The number of nitrogens with one attached hydrogen (secondary N) is 1. The van der Waals surface area contributed by atoms with Crippen LogP contribution in [0.1, 0.15) is 29.5 Å². The minimum atomic E-state index is -3.37. The van der Waals surface area contributed by atoms with Crippen molar-refractivity contribution in [2.45, 2.75) is 32.1 Å². The molecule has 0 saturated carbocycles. The molecule has 1 aliphatic rings. The van der Waals surface area contributed by atoms with Gasteiger partial charge in [-0.3, -0.25) is 4.79 Å². The van der Waals surface area contributed by atoms with Crippen LogP contribution in [-0.4, -0.2) is 31.7 Å². The predicted octanol–water partition coefficient (Wildman–Crippen LogP) is 4.01. The van der Waals surface area contributed by atoms with Gasteiger partial charge in [-0.15, -0.1) is 0 Å². The average Bonchev–Trinajstić information content (AvgIpc) is 2.79. The summed E-state index contributed by atoms with van der Waals surface area (Å²) in [6.45, 7) is 3.24. The van der Waals surface area contributed by atoms with Gasteiger partial charge < -0.3 is 5.32 Å². The minimum Gasteiger partial charge on any atom is -0.352 e. The fourth-order valence-electron chi connectivity index (χ4n) is 4.06. The molecule has 31 heavy (non-hydrogen) atoms. The summed E-state index contributed by atoms with van der Waals surface area (Å²) in [5.41, 5.74) is 2.96. The number of rotatable bonds is 6. The summed E-state index contributed by atoms with van der Waals surface area (Å²) in [4.78, 5) is 12.6. The van der Waals surface area contributed by atoms with Crippen molar-refractivity contribution < 1.29 is 13.2 Å². The molecule has 5 nitrogen and oxygen atoms in total. The Morgan fingerprint density at radius 3 is 2.29 bits per heavy atom. The van der Waals surface area contributed by atoms with E-state index in [0.29, 0.717) is 32.5 Å². The quantitative estimate of drug-likeness (QED) is 0.635. The summed E-state index contributed by atoms with van der Waals surface area (Å²) < 4.78 is 27.0. The molecule has 0 atom stereocenters. The lowest BCUT2D eigenvalue weighted by atomic mass is 9.97. The van der Waals surface area contributed by atoms with Crippen molar-refractivity contribution in [3.8, 4) is 0 Å². The lowest BCUT2D eigenvalue weighted by Crippen LogP contribution is -2.43. The lowest BCUT2D eigenvalue weighted by molar-refractivity contribution is -0.126. The van der Waals surface area contributed by atoms with Gasteiger partial charge in [0, 0.05) is 25.6 Å². The van der Waals surface area contributed by atoms with E-state index in [9.17, 15) is 13.2 Å². The van der Waals surface area contributed by atoms with Gasteiger partial charge in [0.2, 0.25) is 15.9 Å². The smallest absolute Gasteiger partial charge is 0.223 e. The molecule has 3 aromatic rings. The zero-order chi connectivity index (χ0) is 21.8. The Kier molecular flexibility index (Phi) is 6.39. The Morgan fingerprint density at radius 1 is 0.935 bits per heavy atom. The zero-order valence-electron chi connectivity index (χ0n) is 17.8. The predicted molar refractivity (Wildman–Crippen MR) is 124 cm³/mol. The Hall–Kier alpha value is -2.70. The minimum absolute atomic E-state index is 0.00346.